The molecular weight excluding hydrogens is 408 g/mol. The molecule has 0 spiro atoms. The number of piperazine rings is 1. The molecule has 32 heavy (non-hydrogen) atoms. The first-order valence-corrected chi connectivity index (χ1v) is 10.7. The molecule has 1 aliphatic rings. The molecular formula is C24H34N4O4. The van der Waals surface area contributed by atoms with E-state index in [1.165, 1.54) is 0 Å². The lowest BCUT2D eigenvalue weighted by atomic mass is 10.1. The SMILES string of the molecule is CN=C(NCc1ccccc1OC)N1CCN(Cc2cc(OC)c(OC)c(OC)c2)CC1. The second kappa shape index (κ2) is 11.5. The smallest absolute Gasteiger partial charge is 0.203 e. The Balaban J connectivity index is 1.57. The Kier molecular flexibility index (Phi) is 8.44. The highest BCUT2D eigenvalue weighted by atomic mass is 16.5. The van der Waals surface area contributed by atoms with Crippen LogP contribution in [0.25, 0.3) is 0 Å². The zero-order valence-corrected chi connectivity index (χ0v) is 19.7. The Bertz CT molecular complexity index is 886. The van der Waals surface area contributed by atoms with Crippen molar-refractivity contribution in [2.75, 3.05) is 61.7 Å². The molecule has 1 fully saturated rings. The van der Waals surface area contributed by atoms with E-state index in [0.717, 1.165) is 55.6 Å². The predicted octanol–water partition coefficient (Wildman–Crippen LogP) is 2.61. The van der Waals surface area contributed by atoms with E-state index in [1.54, 1.807) is 28.4 Å². The van der Waals surface area contributed by atoms with E-state index < -0.39 is 0 Å². The number of aliphatic imine (C=N–C) groups is 1. The van der Waals surface area contributed by atoms with Crippen molar-refractivity contribution in [1.82, 2.24) is 15.1 Å². The molecule has 1 N–H and O–H groups in total. The minimum absolute atomic E-state index is 0.619. The minimum Gasteiger partial charge on any atom is -0.496 e. The largest absolute Gasteiger partial charge is 0.496 e. The zero-order valence-electron chi connectivity index (χ0n) is 19.7. The lowest BCUT2D eigenvalue weighted by molar-refractivity contribution is 0.172. The van der Waals surface area contributed by atoms with E-state index in [9.17, 15) is 0 Å². The van der Waals surface area contributed by atoms with E-state index in [-0.39, 0.29) is 0 Å². The molecule has 0 aliphatic carbocycles. The van der Waals surface area contributed by atoms with Gasteiger partial charge in [-0.1, -0.05) is 18.2 Å². The number of benzene rings is 2. The molecule has 0 unspecified atom stereocenters. The van der Waals surface area contributed by atoms with Crippen molar-refractivity contribution < 1.29 is 18.9 Å². The van der Waals surface area contributed by atoms with Crippen molar-refractivity contribution >= 4 is 5.96 Å². The summed E-state index contributed by atoms with van der Waals surface area (Å²) in [6.45, 7) is 5.16. The summed E-state index contributed by atoms with van der Waals surface area (Å²) in [4.78, 5) is 9.20. The van der Waals surface area contributed by atoms with Crippen LogP contribution >= 0.6 is 0 Å². The molecule has 174 valence electrons. The number of ether oxygens (including phenoxy) is 4. The zero-order chi connectivity index (χ0) is 22.9. The molecule has 1 saturated heterocycles. The van der Waals surface area contributed by atoms with Crippen LogP contribution in [0.1, 0.15) is 11.1 Å². The summed E-state index contributed by atoms with van der Waals surface area (Å²) >= 11 is 0. The standard InChI is InChI=1S/C24H34N4O4/c1-25-24(26-16-19-8-6-7-9-20(19)29-2)28-12-10-27(11-13-28)17-18-14-21(30-3)23(32-5)22(15-18)31-4/h6-9,14-15H,10-13,16-17H2,1-5H3,(H,25,26). The third-order valence-corrected chi connectivity index (χ3v) is 5.64. The third kappa shape index (κ3) is 5.56. The Hall–Kier alpha value is -3.13. The first-order valence-electron chi connectivity index (χ1n) is 10.7. The molecule has 1 heterocycles. The topological polar surface area (TPSA) is 67.8 Å². The Morgan fingerprint density at radius 1 is 0.875 bits per heavy atom. The van der Waals surface area contributed by atoms with Crippen LogP contribution in [-0.2, 0) is 13.1 Å². The summed E-state index contributed by atoms with van der Waals surface area (Å²) in [5.41, 5.74) is 2.24. The van der Waals surface area contributed by atoms with Crippen LogP contribution < -0.4 is 24.3 Å². The van der Waals surface area contributed by atoms with Gasteiger partial charge < -0.3 is 29.2 Å². The van der Waals surface area contributed by atoms with Gasteiger partial charge >= 0.3 is 0 Å². The molecule has 8 heteroatoms. The molecule has 1 aliphatic heterocycles. The highest BCUT2D eigenvalue weighted by Crippen LogP contribution is 2.38. The Morgan fingerprint density at radius 3 is 2.06 bits per heavy atom. The van der Waals surface area contributed by atoms with Crippen molar-refractivity contribution in [2.45, 2.75) is 13.1 Å². The van der Waals surface area contributed by atoms with Gasteiger partial charge in [-0.05, 0) is 23.8 Å². The number of hydrogen-bond acceptors (Lipinski definition) is 6. The highest BCUT2D eigenvalue weighted by molar-refractivity contribution is 5.80. The predicted molar refractivity (Wildman–Crippen MR) is 126 cm³/mol. The first-order chi connectivity index (χ1) is 15.6. The number of para-hydroxylation sites is 1. The highest BCUT2D eigenvalue weighted by Gasteiger charge is 2.21. The van der Waals surface area contributed by atoms with E-state index in [4.69, 9.17) is 18.9 Å². The summed E-state index contributed by atoms with van der Waals surface area (Å²) in [6, 6.07) is 12.1. The average Bonchev–Trinajstić information content (AvgIpc) is 2.84. The van der Waals surface area contributed by atoms with Gasteiger partial charge in [0.1, 0.15) is 5.75 Å². The maximum absolute atomic E-state index is 5.49. The molecule has 3 rings (SSSR count). The van der Waals surface area contributed by atoms with Gasteiger partial charge in [-0.25, -0.2) is 0 Å². The van der Waals surface area contributed by atoms with Crippen molar-refractivity contribution in [2.24, 2.45) is 4.99 Å². The van der Waals surface area contributed by atoms with E-state index in [2.05, 4.69) is 26.2 Å². The molecule has 0 bridgehead atoms. The van der Waals surface area contributed by atoms with Crippen LogP contribution in [0.2, 0.25) is 0 Å². The van der Waals surface area contributed by atoms with Crippen molar-refractivity contribution in [3.8, 4) is 23.0 Å². The van der Waals surface area contributed by atoms with Crippen LogP contribution in [0.15, 0.2) is 41.4 Å². The van der Waals surface area contributed by atoms with E-state index in [0.29, 0.717) is 23.8 Å². The number of guanidine groups is 1. The normalized spacial score (nSPS) is 14.8. The minimum atomic E-state index is 0.619. The van der Waals surface area contributed by atoms with E-state index in [1.807, 2.05) is 37.4 Å². The molecule has 8 nitrogen and oxygen atoms in total. The molecule has 2 aromatic rings. The molecule has 0 amide bonds. The number of hydrogen-bond donors (Lipinski definition) is 1. The average molecular weight is 443 g/mol. The molecule has 0 atom stereocenters. The molecule has 2 aromatic carbocycles. The molecule has 0 aromatic heterocycles. The number of methoxy groups -OCH3 is 4. The van der Waals surface area contributed by atoms with E-state index >= 15 is 0 Å². The van der Waals surface area contributed by atoms with Gasteiger partial charge in [0.15, 0.2) is 17.5 Å². The second-order valence-corrected chi connectivity index (χ2v) is 7.51. The summed E-state index contributed by atoms with van der Waals surface area (Å²) in [6.07, 6.45) is 0. The Labute approximate surface area is 190 Å². The summed E-state index contributed by atoms with van der Waals surface area (Å²) in [5, 5.41) is 3.47. The first kappa shape index (κ1) is 23.5. The van der Waals surface area contributed by atoms with Gasteiger partial charge in [-0.3, -0.25) is 9.89 Å². The summed E-state index contributed by atoms with van der Waals surface area (Å²) in [5.74, 6) is 3.77. The maximum Gasteiger partial charge on any atom is 0.203 e. The van der Waals surface area contributed by atoms with Crippen LogP contribution in [0, 0.1) is 0 Å². The molecule has 0 radical (unpaired) electrons. The van der Waals surface area contributed by atoms with Crippen LogP contribution in [0.3, 0.4) is 0 Å². The van der Waals surface area contributed by atoms with Crippen molar-refractivity contribution in [3.05, 3.63) is 47.5 Å². The second-order valence-electron chi connectivity index (χ2n) is 7.51. The van der Waals surface area contributed by atoms with Crippen molar-refractivity contribution in [3.63, 3.8) is 0 Å². The quantitative estimate of drug-likeness (QED) is 0.498. The number of nitrogens with one attached hydrogen (secondary N) is 1. The van der Waals surface area contributed by atoms with Crippen molar-refractivity contribution in [1.29, 1.82) is 0 Å². The van der Waals surface area contributed by atoms with Crippen LogP contribution in [0.5, 0.6) is 23.0 Å². The third-order valence-electron chi connectivity index (χ3n) is 5.64. The Morgan fingerprint density at radius 2 is 1.50 bits per heavy atom. The van der Waals surface area contributed by atoms with Gasteiger partial charge in [0.05, 0.1) is 28.4 Å². The van der Waals surface area contributed by atoms with Crippen LogP contribution in [-0.4, -0.2) is 77.4 Å². The lowest BCUT2D eigenvalue weighted by Crippen LogP contribution is -2.52. The van der Waals surface area contributed by atoms with Gasteiger partial charge in [-0.2, -0.15) is 0 Å². The fourth-order valence-corrected chi connectivity index (χ4v) is 3.96. The lowest BCUT2D eigenvalue weighted by Gasteiger charge is -2.36. The monoisotopic (exact) mass is 442 g/mol. The number of nitrogens with zero attached hydrogens (tertiary/aromatic N) is 3. The van der Waals surface area contributed by atoms with Gasteiger partial charge in [-0.15, -0.1) is 0 Å². The van der Waals surface area contributed by atoms with Gasteiger partial charge in [0, 0.05) is 51.9 Å². The fraction of sp³-hybridized carbons (Fsp3) is 0.458. The summed E-state index contributed by atoms with van der Waals surface area (Å²) < 4.78 is 21.8. The van der Waals surface area contributed by atoms with Gasteiger partial charge in [0.25, 0.3) is 0 Å². The van der Waals surface area contributed by atoms with Crippen LogP contribution in [0.4, 0.5) is 0 Å². The van der Waals surface area contributed by atoms with Gasteiger partial charge in [0.2, 0.25) is 5.75 Å². The fourth-order valence-electron chi connectivity index (χ4n) is 3.96. The summed E-state index contributed by atoms with van der Waals surface area (Å²) in [7, 11) is 8.43. The maximum atomic E-state index is 5.49. The molecule has 0 saturated carbocycles. The number of rotatable bonds is 8.